The van der Waals surface area contributed by atoms with E-state index >= 15 is 0 Å². The molecule has 0 aliphatic rings. The third-order valence-corrected chi connectivity index (χ3v) is 5.27. The number of para-hydroxylation sites is 1. The topological polar surface area (TPSA) is 22.0 Å². The molecule has 4 heteroatoms. The number of aromatic nitrogens is 1. The van der Waals surface area contributed by atoms with Crippen molar-refractivity contribution < 1.29 is 0 Å². The van der Waals surface area contributed by atoms with Gasteiger partial charge in [-0.25, -0.2) is 0 Å². The van der Waals surface area contributed by atoms with Crippen molar-refractivity contribution in [3.63, 3.8) is 0 Å². The van der Waals surface area contributed by atoms with E-state index < -0.39 is 0 Å². The molecule has 4 aromatic rings. The van der Waals surface area contributed by atoms with E-state index in [9.17, 15) is 4.79 Å². The molecule has 0 atom stereocenters. The minimum Gasteiger partial charge on any atom is -0.309 e. The van der Waals surface area contributed by atoms with Gasteiger partial charge in [0.1, 0.15) is 0 Å². The van der Waals surface area contributed by atoms with Gasteiger partial charge in [-0.2, -0.15) is 0 Å². The fourth-order valence-electron chi connectivity index (χ4n) is 3.38. The summed E-state index contributed by atoms with van der Waals surface area (Å²) in [5.74, 6) is 0. The fourth-order valence-corrected chi connectivity index (χ4v) is 3.89. The lowest BCUT2D eigenvalue weighted by Crippen LogP contribution is -2.15. The van der Waals surface area contributed by atoms with Crippen LogP contribution in [0, 0.1) is 6.92 Å². The lowest BCUT2D eigenvalue weighted by molar-refractivity contribution is 1.04. The van der Waals surface area contributed by atoms with Crippen LogP contribution in [0.1, 0.15) is 5.56 Å². The van der Waals surface area contributed by atoms with Gasteiger partial charge in [-0.3, -0.25) is 4.79 Å². The maximum Gasteiger partial charge on any atom is 0.185 e. The van der Waals surface area contributed by atoms with Crippen LogP contribution < -0.4 is 5.43 Å². The molecular formula is C24H17Cl2NO. The summed E-state index contributed by atoms with van der Waals surface area (Å²) in [6.07, 6.45) is 0. The molecule has 0 N–H and O–H groups in total. The van der Waals surface area contributed by atoms with Gasteiger partial charge >= 0.3 is 0 Å². The van der Waals surface area contributed by atoms with Crippen molar-refractivity contribution >= 4 is 23.2 Å². The Hall–Kier alpha value is -2.81. The number of pyridine rings is 1. The van der Waals surface area contributed by atoms with Crippen LogP contribution in [0.2, 0.25) is 10.0 Å². The molecule has 0 saturated carbocycles. The minimum absolute atomic E-state index is 0.0351. The zero-order valence-electron chi connectivity index (χ0n) is 15.2. The van der Waals surface area contributed by atoms with E-state index in [-0.39, 0.29) is 5.43 Å². The summed E-state index contributed by atoms with van der Waals surface area (Å²) < 4.78 is 2.08. The Morgan fingerprint density at radius 2 is 1.43 bits per heavy atom. The van der Waals surface area contributed by atoms with Crippen LogP contribution >= 0.6 is 23.2 Å². The van der Waals surface area contributed by atoms with Crippen molar-refractivity contribution in [1.82, 2.24) is 4.57 Å². The van der Waals surface area contributed by atoms with Gasteiger partial charge < -0.3 is 4.57 Å². The number of halogens is 2. The summed E-state index contributed by atoms with van der Waals surface area (Å²) in [7, 11) is 0. The largest absolute Gasteiger partial charge is 0.309 e. The maximum atomic E-state index is 12.9. The summed E-state index contributed by atoms with van der Waals surface area (Å²) in [6, 6.07) is 26.8. The monoisotopic (exact) mass is 405 g/mol. The van der Waals surface area contributed by atoms with Gasteiger partial charge in [0.15, 0.2) is 5.43 Å². The predicted molar refractivity (Wildman–Crippen MR) is 118 cm³/mol. The first-order valence-corrected chi connectivity index (χ1v) is 9.65. The average Bonchev–Trinajstić information content (AvgIpc) is 2.71. The van der Waals surface area contributed by atoms with Crippen LogP contribution in [-0.2, 0) is 0 Å². The summed E-state index contributed by atoms with van der Waals surface area (Å²) in [6.45, 7) is 1.86. The highest BCUT2D eigenvalue weighted by Gasteiger charge is 2.18. The van der Waals surface area contributed by atoms with Gasteiger partial charge in [0, 0.05) is 27.9 Å². The van der Waals surface area contributed by atoms with E-state index in [1.54, 1.807) is 18.2 Å². The second-order valence-corrected chi connectivity index (χ2v) is 7.37. The summed E-state index contributed by atoms with van der Waals surface area (Å²) >= 11 is 12.6. The van der Waals surface area contributed by atoms with Crippen LogP contribution in [0.15, 0.2) is 89.7 Å². The Balaban J connectivity index is 2.15. The highest BCUT2D eigenvalue weighted by molar-refractivity contribution is 6.36. The lowest BCUT2D eigenvalue weighted by atomic mass is 10.0. The van der Waals surface area contributed by atoms with Gasteiger partial charge in [-0.15, -0.1) is 0 Å². The molecular weight excluding hydrogens is 389 g/mol. The van der Waals surface area contributed by atoms with E-state index in [0.29, 0.717) is 15.6 Å². The van der Waals surface area contributed by atoms with Crippen LogP contribution in [0.3, 0.4) is 0 Å². The van der Waals surface area contributed by atoms with Crippen molar-refractivity contribution in [1.29, 1.82) is 0 Å². The van der Waals surface area contributed by atoms with E-state index in [1.165, 1.54) is 0 Å². The van der Waals surface area contributed by atoms with Gasteiger partial charge in [0.05, 0.1) is 16.4 Å². The first-order valence-electron chi connectivity index (χ1n) is 8.89. The molecule has 0 spiro atoms. The molecule has 0 radical (unpaired) electrons. The highest BCUT2D eigenvalue weighted by Crippen LogP contribution is 2.35. The standard InChI is InChI=1S/C24H17Cl2NO/c1-16-23(28)15-22(20-13-12-18(25)14-21(20)26)27(19-10-6-3-7-11-19)24(16)17-8-4-2-5-9-17/h2-15H,1H3. The van der Waals surface area contributed by atoms with Crippen LogP contribution in [-0.4, -0.2) is 4.57 Å². The van der Waals surface area contributed by atoms with Gasteiger partial charge in [-0.05, 0) is 42.8 Å². The second-order valence-electron chi connectivity index (χ2n) is 6.53. The van der Waals surface area contributed by atoms with Gasteiger partial charge in [0.25, 0.3) is 0 Å². The third kappa shape index (κ3) is 3.37. The molecule has 28 heavy (non-hydrogen) atoms. The molecule has 0 aliphatic heterocycles. The van der Waals surface area contributed by atoms with E-state index in [0.717, 1.165) is 28.2 Å². The predicted octanol–water partition coefficient (Wildman–Crippen LogP) is 6.79. The van der Waals surface area contributed by atoms with Crippen LogP contribution in [0.5, 0.6) is 0 Å². The molecule has 2 nitrogen and oxygen atoms in total. The van der Waals surface area contributed by atoms with Gasteiger partial charge in [0.2, 0.25) is 0 Å². The fraction of sp³-hybridized carbons (Fsp3) is 0.0417. The summed E-state index contributed by atoms with van der Waals surface area (Å²) in [5, 5.41) is 1.05. The molecule has 0 aliphatic carbocycles. The Bertz CT molecular complexity index is 1200. The maximum absolute atomic E-state index is 12.9. The first kappa shape index (κ1) is 18.5. The number of hydrogen-bond acceptors (Lipinski definition) is 1. The molecule has 4 rings (SSSR count). The van der Waals surface area contributed by atoms with Crippen molar-refractivity contribution in [2.24, 2.45) is 0 Å². The molecule has 0 amide bonds. The zero-order chi connectivity index (χ0) is 19.7. The van der Waals surface area contributed by atoms with Crippen molar-refractivity contribution in [3.05, 3.63) is 111 Å². The third-order valence-electron chi connectivity index (χ3n) is 4.73. The number of nitrogens with zero attached hydrogens (tertiary/aromatic N) is 1. The lowest BCUT2D eigenvalue weighted by Gasteiger charge is -2.22. The van der Waals surface area contributed by atoms with Crippen LogP contribution in [0.25, 0.3) is 28.2 Å². The SMILES string of the molecule is Cc1c(-c2ccccc2)n(-c2ccccc2)c(-c2ccc(Cl)cc2Cl)cc1=O. The normalized spacial score (nSPS) is 10.8. The minimum atomic E-state index is -0.0351. The molecule has 0 unspecified atom stereocenters. The van der Waals surface area contributed by atoms with Gasteiger partial charge in [-0.1, -0.05) is 71.7 Å². The molecule has 138 valence electrons. The molecule has 1 heterocycles. The molecule has 3 aromatic carbocycles. The quantitative estimate of drug-likeness (QED) is 0.367. The van der Waals surface area contributed by atoms with E-state index in [2.05, 4.69) is 4.57 Å². The molecule has 0 bridgehead atoms. The molecule has 0 saturated heterocycles. The summed E-state index contributed by atoms with van der Waals surface area (Å²) in [5.41, 5.74) is 4.89. The van der Waals surface area contributed by atoms with Crippen LogP contribution in [0.4, 0.5) is 0 Å². The second kappa shape index (κ2) is 7.67. The Labute approximate surface area is 173 Å². The highest BCUT2D eigenvalue weighted by atomic mass is 35.5. The number of hydrogen-bond donors (Lipinski definition) is 0. The molecule has 1 aromatic heterocycles. The Morgan fingerprint density at radius 3 is 2.07 bits per heavy atom. The number of rotatable bonds is 3. The van der Waals surface area contributed by atoms with Crippen molar-refractivity contribution in [2.45, 2.75) is 6.92 Å². The smallest absolute Gasteiger partial charge is 0.185 e. The van der Waals surface area contributed by atoms with Crippen molar-refractivity contribution in [3.8, 4) is 28.2 Å². The van der Waals surface area contributed by atoms with E-state index in [1.807, 2.05) is 73.7 Å². The summed E-state index contributed by atoms with van der Waals surface area (Å²) in [4.78, 5) is 12.9. The Morgan fingerprint density at radius 1 is 0.786 bits per heavy atom. The van der Waals surface area contributed by atoms with Crippen molar-refractivity contribution in [2.75, 3.05) is 0 Å². The zero-order valence-corrected chi connectivity index (χ0v) is 16.7. The Kier molecular flexibility index (Phi) is 5.08. The first-order chi connectivity index (χ1) is 13.6. The molecule has 0 fully saturated rings. The van der Waals surface area contributed by atoms with E-state index in [4.69, 9.17) is 23.2 Å². The number of benzene rings is 3. The average molecular weight is 406 g/mol.